The first-order chi connectivity index (χ1) is 13.9. The van der Waals surface area contributed by atoms with Crippen LogP contribution in [-0.4, -0.2) is 43.8 Å². The Kier molecular flexibility index (Phi) is 3.89. The van der Waals surface area contributed by atoms with Crippen LogP contribution < -0.4 is 11.1 Å². The zero-order chi connectivity index (χ0) is 20.2. The number of hydrogen-bond donors (Lipinski definition) is 2. The first-order valence-corrected chi connectivity index (χ1v) is 10.5. The van der Waals surface area contributed by atoms with Crippen molar-refractivity contribution in [2.45, 2.75) is 23.8 Å². The number of rotatable bonds is 3. The van der Waals surface area contributed by atoms with Gasteiger partial charge in [-0.2, -0.15) is 4.31 Å². The minimum absolute atomic E-state index is 0.0356. The molecule has 1 saturated heterocycles. The number of aromatic nitrogens is 5. The first-order valence-electron chi connectivity index (χ1n) is 9.03. The molecule has 10 nitrogen and oxygen atoms in total. The standard InChI is InChI=1S/C18H16N6O4S/c25-17-18(26)20-13-10-11(6-7-12(13)19-17)29(27,28)24-9-3-4-14(24)16-22-21-15-5-1-2-8-23(15)16/h1-2,5-8,10,14H,3-4,9H2,(H,19,25)(H,20,26)/t14-/m0/s1. The molecule has 4 heterocycles. The largest absolute Gasteiger partial charge is 0.316 e. The Hall–Kier alpha value is -3.31. The van der Waals surface area contributed by atoms with Crippen molar-refractivity contribution in [2.24, 2.45) is 0 Å². The van der Waals surface area contributed by atoms with Crippen molar-refractivity contribution in [3.05, 3.63) is 69.1 Å². The van der Waals surface area contributed by atoms with Crippen molar-refractivity contribution in [3.8, 4) is 0 Å². The maximum Gasteiger partial charge on any atom is 0.314 e. The number of hydrogen-bond acceptors (Lipinski definition) is 6. The summed E-state index contributed by atoms with van der Waals surface area (Å²) in [5.41, 5.74) is -0.360. The van der Waals surface area contributed by atoms with Gasteiger partial charge in [0, 0.05) is 12.7 Å². The molecule has 0 amide bonds. The monoisotopic (exact) mass is 412 g/mol. The van der Waals surface area contributed by atoms with Gasteiger partial charge in [0.05, 0.1) is 22.0 Å². The number of pyridine rings is 1. The lowest BCUT2D eigenvalue weighted by Crippen LogP contribution is -2.32. The number of nitrogens with zero attached hydrogens (tertiary/aromatic N) is 4. The van der Waals surface area contributed by atoms with E-state index in [0.717, 1.165) is 0 Å². The van der Waals surface area contributed by atoms with E-state index in [1.165, 1.54) is 22.5 Å². The fraction of sp³-hybridized carbons (Fsp3) is 0.222. The number of benzene rings is 1. The Labute approximate surface area is 163 Å². The van der Waals surface area contributed by atoms with Gasteiger partial charge in [0.15, 0.2) is 11.5 Å². The molecule has 0 unspecified atom stereocenters. The lowest BCUT2D eigenvalue weighted by Gasteiger charge is -2.23. The van der Waals surface area contributed by atoms with E-state index in [9.17, 15) is 18.0 Å². The Morgan fingerprint density at radius 2 is 1.79 bits per heavy atom. The Morgan fingerprint density at radius 1 is 1.00 bits per heavy atom. The molecular weight excluding hydrogens is 396 g/mol. The van der Waals surface area contributed by atoms with Crippen LogP contribution in [0.1, 0.15) is 24.7 Å². The molecule has 2 N–H and O–H groups in total. The van der Waals surface area contributed by atoms with Gasteiger partial charge in [-0.25, -0.2) is 8.42 Å². The maximum atomic E-state index is 13.4. The molecular formula is C18H16N6O4S. The first kappa shape index (κ1) is 17.8. The van der Waals surface area contributed by atoms with Crippen molar-refractivity contribution in [3.63, 3.8) is 0 Å². The molecule has 5 rings (SSSR count). The highest BCUT2D eigenvalue weighted by Gasteiger charge is 2.38. The minimum atomic E-state index is -3.86. The molecule has 4 aromatic rings. The molecule has 0 spiro atoms. The van der Waals surface area contributed by atoms with Gasteiger partial charge in [-0.1, -0.05) is 6.07 Å². The van der Waals surface area contributed by atoms with Gasteiger partial charge in [0.2, 0.25) is 10.0 Å². The van der Waals surface area contributed by atoms with Gasteiger partial charge in [0.1, 0.15) is 0 Å². The maximum absolute atomic E-state index is 13.4. The molecule has 1 fully saturated rings. The van der Waals surface area contributed by atoms with Gasteiger partial charge in [-0.3, -0.25) is 14.0 Å². The van der Waals surface area contributed by atoms with Crippen LogP contribution in [0, 0.1) is 0 Å². The van der Waals surface area contributed by atoms with E-state index in [4.69, 9.17) is 0 Å². The van der Waals surface area contributed by atoms with Gasteiger partial charge < -0.3 is 9.97 Å². The third-order valence-corrected chi connectivity index (χ3v) is 7.05. The fourth-order valence-electron chi connectivity index (χ4n) is 3.76. The van der Waals surface area contributed by atoms with E-state index in [1.54, 1.807) is 4.40 Å². The zero-order valence-corrected chi connectivity index (χ0v) is 15.9. The minimum Gasteiger partial charge on any atom is -0.316 e. The van der Waals surface area contributed by atoms with E-state index >= 15 is 0 Å². The summed E-state index contributed by atoms with van der Waals surface area (Å²) in [5, 5.41) is 8.35. The summed E-state index contributed by atoms with van der Waals surface area (Å²) in [4.78, 5) is 27.9. The predicted octanol–water partition coefficient (Wildman–Crippen LogP) is 0.785. The number of aromatic amines is 2. The van der Waals surface area contributed by atoms with E-state index in [1.807, 2.05) is 24.4 Å². The molecule has 11 heteroatoms. The molecule has 0 bridgehead atoms. The molecule has 0 aliphatic carbocycles. The number of nitrogens with one attached hydrogen (secondary N) is 2. The van der Waals surface area contributed by atoms with Crippen molar-refractivity contribution >= 4 is 26.7 Å². The Morgan fingerprint density at radius 3 is 2.62 bits per heavy atom. The quantitative estimate of drug-likeness (QED) is 0.478. The van der Waals surface area contributed by atoms with E-state index < -0.39 is 27.2 Å². The van der Waals surface area contributed by atoms with Crippen molar-refractivity contribution in [1.82, 2.24) is 28.9 Å². The summed E-state index contributed by atoms with van der Waals surface area (Å²) >= 11 is 0. The lowest BCUT2D eigenvalue weighted by atomic mass is 10.2. The van der Waals surface area contributed by atoms with E-state index in [0.29, 0.717) is 36.4 Å². The fourth-order valence-corrected chi connectivity index (χ4v) is 5.44. The molecule has 1 aliphatic heterocycles. The molecule has 0 saturated carbocycles. The van der Waals surface area contributed by atoms with E-state index in [-0.39, 0.29) is 10.4 Å². The normalized spacial score (nSPS) is 18.0. The summed E-state index contributed by atoms with van der Waals surface area (Å²) in [6.45, 7) is 0.356. The predicted molar refractivity (Wildman–Crippen MR) is 104 cm³/mol. The molecule has 148 valence electrons. The van der Waals surface area contributed by atoms with Crippen LogP contribution in [0.3, 0.4) is 0 Å². The van der Waals surface area contributed by atoms with Gasteiger partial charge >= 0.3 is 11.1 Å². The lowest BCUT2D eigenvalue weighted by molar-refractivity contribution is 0.381. The Balaban J connectivity index is 1.60. The molecule has 1 atom stereocenters. The molecule has 29 heavy (non-hydrogen) atoms. The van der Waals surface area contributed by atoms with Crippen LogP contribution >= 0.6 is 0 Å². The van der Waals surface area contributed by atoms with Gasteiger partial charge in [0.25, 0.3) is 0 Å². The van der Waals surface area contributed by atoms with Crippen LogP contribution in [0.25, 0.3) is 16.7 Å². The zero-order valence-electron chi connectivity index (χ0n) is 15.1. The summed E-state index contributed by atoms with van der Waals surface area (Å²) < 4.78 is 30.0. The topological polar surface area (TPSA) is 133 Å². The van der Waals surface area contributed by atoms with Crippen LogP contribution in [0.5, 0.6) is 0 Å². The van der Waals surface area contributed by atoms with Crippen LogP contribution in [-0.2, 0) is 10.0 Å². The average Bonchev–Trinajstić information content (AvgIpc) is 3.35. The highest BCUT2D eigenvalue weighted by molar-refractivity contribution is 7.89. The van der Waals surface area contributed by atoms with Crippen molar-refractivity contribution in [2.75, 3.05) is 6.54 Å². The molecule has 1 aromatic carbocycles. The summed E-state index contributed by atoms with van der Waals surface area (Å²) in [5.74, 6) is 0.570. The third kappa shape index (κ3) is 2.77. The summed E-state index contributed by atoms with van der Waals surface area (Å²) in [7, 11) is -3.86. The molecule has 0 radical (unpaired) electrons. The SMILES string of the molecule is O=c1[nH]c2ccc(S(=O)(=O)N3CCC[C@H]3c3nnc4ccccn34)cc2[nH]c1=O. The highest BCUT2D eigenvalue weighted by atomic mass is 32.2. The van der Waals surface area contributed by atoms with E-state index in [2.05, 4.69) is 20.2 Å². The number of H-pyrrole nitrogens is 2. The molecule has 1 aliphatic rings. The molecule has 3 aromatic heterocycles. The summed E-state index contributed by atoms with van der Waals surface area (Å²) in [6.07, 6.45) is 3.14. The second-order valence-corrected chi connectivity index (χ2v) is 8.77. The van der Waals surface area contributed by atoms with Crippen molar-refractivity contribution in [1.29, 1.82) is 0 Å². The number of fused-ring (bicyclic) bond motifs is 2. The van der Waals surface area contributed by atoms with Gasteiger partial charge in [-0.05, 0) is 43.2 Å². The van der Waals surface area contributed by atoms with Crippen LogP contribution in [0.2, 0.25) is 0 Å². The third-order valence-electron chi connectivity index (χ3n) is 5.14. The average molecular weight is 412 g/mol. The number of sulfonamides is 1. The van der Waals surface area contributed by atoms with Gasteiger partial charge in [-0.15, -0.1) is 10.2 Å². The van der Waals surface area contributed by atoms with Crippen LogP contribution in [0.4, 0.5) is 0 Å². The van der Waals surface area contributed by atoms with Crippen molar-refractivity contribution < 1.29 is 8.42 Å². The highest BCUT2D eigenvalue weighted by Crippen LogP contribution is 2.36. The second-order valence-electron chi connectivity index (χ2n) is 6.88. The second kappa shape index (κ2) is 6.36. The summed E-state index contributed by atoms with van der Waals surface area (Å²) in [6, 6.07) is 9.30. The Bertz CT molecular complexity index is 1470. The smallest absolute Gasteiger partial charge is 0.314 e. The van der Waals surface area contributed by atoms with Crippen LogP contribution in [0.15, 0.2) is 57.1 Å².